The zero-order chi connectivity index (χ0) is 21.2. The van der Waals surface area contributed by atoms with Gasteiger partial charge in [0.05, 0.1) is 12.5 Å². The lowest BCUT2D eigenvalue weighted by Crippen LogP contribution is -1.98. The normalized spacial score (nSPS) is 10.9. The van der Waals surface area contributed by atoms with E-state index in [1.807, 2.05) is 42.5 Å². The largest absolute Gasteiger partial charge is 0.497 e. The topological polar surface area (TPSA) is 52.0 Å². The monoisotopic (exact) mass is 406 g/mol. The third-order valence-corrected chi connectivity index (χ3v) is 5.33. The molecular weight excluding hydrogens is 384 g/mol. The van der Waals surface area contributed by atoms with Crippen LogP contribution in [-0.2, 0) is 0 Å². The first kappa shape index (κ1) is 18.9. The zero-order valence-electron chi connectivity index (χ0n) is 17.4. The minimum Gasteiger partial charge on any atom is -0.497 e. The maximum Gasteiger partial charge on any atom is 0.150 e. The molecule has 5 nitrogen and oxygen atoms in total. The standard InChI is InChI=1S/C26H22N4O/c1-18-8-12-21(13-9-18)30-16-23(19-6-4-3-5-7-19)24-25(27-17-28-26(24)30)29-20-10-14-22(31-2)15-11-20/h3-17H,1-2H3,(H,27,28,29). The third-order valence-electron chi connectivity index (χ3n) is 5.33. The molecule has 3 aromatic carbocycles. The summed E-state index contributed by atoms with van der Waals surface area (Å²) in [6, 6.07) is 26.6. The van der Waals surface area contributed by atoms with E-state index in [1.54, 1.807) is 13.4 Å². The Bertz CT molecular complexity index is 1320. The van der Waals surface area contributed by atoms with Crippen molar-refractivity contribution in [3.63, 3.8) is 0 Å². The van der Waals surface area contributed by atoms with E-state index >= 15 is 0 Å². The number of methoxy groups -OCH3 is 1. The number of ether oxygens (including phenoxy) is 1. The van der Waals surface area contributed by atoms with Crippen LogP contribution in [-0.4, -0.2) is 21.6 Å². The smallest absolute Gasteiger partial charge is 0.150 e. The fraction of sp³-hybridized carbons (Fsp3) is 0.0769. The first-order chi connectivity index (χ1) is 15.2. The van der Waals surface area contributed by atoms with Crippen molar-refractivity contribution in [1.82, 2.24) is 14.5 Å². The van der Waals surface area contributed by atoms with Gasteiger partial charge in [-0.3, -0.25) is 0 Å². The van der Waals surface area contributed by atoms with Crippen LogP contribution in [0.25, 0.3) is 27.8 Å². The summed E-state index contributed by atoms with van der Waals surface area (Å²) in [7, 11) is 1.66. The highest BCUT2D eigenvalue weighted by atomic mass is 16.5. The fourth-order valence-electron chi connectivity index (χ4n) is 3.71. The Morgan fingerprint density at radius 3 is 2.29 bits per heavy atom. The van der Waals surface area contributed by atoms with E-state index in [0.29, 0.717) is 0 Å². The van der Waals surface area contributed by atoms with Crippen molar-refractivity contribution in [2.24, 2.45) is 0 Å². The number of hydrogen-bond acceptors (Lipinski definition) is 4. The number of benzene rings is 3. The Labute approximate surface area is 181 Å². The Kier molecular flexibility index (Phi) is 4.84. The number of nitrogens with one attached hydrogen (secondary N) is 1. The molecule has 0 saturated carbocycles. The van der Waals surface area contributed by atoms with Crippen LogP contribution in [0, 0.1) is 6.92 Å². The molecule has 0 saturated heterocycles. The molecule has 31 heavy (non-hydrogen) atoms. The summed E-state index contributed by atoms with van der Waals surface area (Å²) in [4.78, 5) is 9.23. The van der Waals surface area contributed by atoms with Gasteiger partial charge in [-0.05, 0) is 48.9 Å². The molecule has 0 radical (unpaired) electrons. The predicted octanol–water partition coefficient (Wildman–Crippen LogP) is 6.15. The van der Waals surface area contributed by atoms with E-state index < -0.39 is 0 Å². The van der Waals surface area contributed by atoms with Crippen molar-refractivity contribution in [1.29, 1.82) is 0 Å². The van der Waals surface area contributed by atoms with Crippen LogP contribution < -0.4 is 10.1 Å². The number of hydrogen-bond donors (Lipinski definition) is 1. The zero-order valence-corrected chi connectivity index (χ0v) is 17.4. The fourth-order valence-corrected chi connectivity index (χ4v) is 3.71. The van der Waals surface area contributed by atoms with Gasteiger partial charge in [-0.1, -0.05) is 48.0 Å². The summed E-state index contributed by atoms with van der Waals surface area (Å²) in [5.41, 5.74) is 6.27. The van der Waals surface area contributed by atoms with Crippen LogP contribution in [0.1, 0.15) is 5.56 Å². The van der Waals surface area contributed by atoms with Crippen molar-refractivity contribution in [3.05, 3.63) is 97.0 Å². The molecule has 2 aromatic heterocycles. The van der Waals surface area contributed by atoms with Gasteiger partial charge in [0.25, 0.3) is 0 Å². The van der Waals surface area contributed by atoms with E-state index in [-0.39, 0.29) is 0 Å². The molecule has 0 spiro atoms. The summed E-state index contributed by atoms with van der Waals surface area (Å²) >= 11 is 0. The third kappa shape index (κ3) is 3.62. The van der Waals surface area contributed by atoms with E-state index in [4.69, 9.17) is 4.74 Å². The lowest BCUT2D eigenvalue weighted by atomic mass is 10.1. The van der Waals surface area contributed by atoms with Crippen LogP contribution in [0.4, 0.5) is 11.5 Å². The van der Waals surface area contributed by atoms with Crippen LogP contribution in [0.5, 0.6) is 5.75 Å². The first-order valence-corrected chi connectivity index (χ1v) is 10.1. The second-order valence-electron chi connectivity index (χ2n) is 7.39. The van der Waals surface area contributed by atoms with Crippen molar-refractivity contribution < 1.29 is 4.74 Å². The molecule has 5 aromatic rings. The summed E-state index contributed by atoms with van der Waals surface area (Å²) in [6.07, 6.45) is 3.74. The Morgan fingerprint density at radius 1 is 0.839 bits per heavy atom. The van der Waals surface area contributed by atoms with E-state index in [1.165, 1.54) is 5.56 Å². The van der Waals surface area contributed by atoms with Gasteiger partial charge in [-0.15, -0.1) is 0 Å². The van der Waals surface area contributed by atoms with Gasteiger partial charge in [0, 0.05) is 23.1 Å². The average molecular weight is 406 g/mol. The van der Waals surface area contributed by atoms with Gasteiger partial charge in [0.2, 0.25) is 0 Å². The highest BCUT2D eigenvalue weighted by Gasteiger charge is 2.17. The van der Waals surface area contributed by atoms with Gasteiger partial charge in [0.15, 0.2) is 5.65 Å². The molecule has 1 N–H and O–H groups in total. The molecule has 0 unspecified atom stereocenters. The van der Waals surface area contributed by atoms with Crippen molar-refractivity contribution in [3.8, 4) is 22.6 Å². The molecule has 0 fully saturated rings. The van der Waals surface area contributed by atoms with Crippen LogP contribution >= 0.6 is 0 Å². The molecule has 0 aliphatic heterocycles. The Hall–Kier alpha value is -4.12. The quantitative estimate of drug-likeness (QED) is 0.380. The van der Waals surface area contributed by atoms with Gasteiger partial charge < -0.3 is 14.6 Å². The number of aryl methyl sites for hydroxylation is 1. The van der Waals surface area contributed by atoms with Gasteiger partial charge in [0.1, 0.15) is 17.9 Å². The predicted molar refractivity (Wildman–Crippen MR) is 125 cm³/mol. The minimum absolute atomic E-state index is 0.764. The Morgan fingerprint density at radius 2 is 1.58 bits per heavy atom. The average Bonchev–Trinajstić information content (AvgIpc) is 3.21. The number of aromatic nitrogens is 3. The van der Waals surface area contributed by atoms with Gasteiger partial charge in [-0.25, -0.2) is 9.97 Å². The SMILES string of the molecule is COc1ccc(Nc2ncnc3c2c(-c2ccccc2)cn3-c2ccc(C)cc2)cc1. The maximum atomic E-state index is 5.27. The number of anilines is 2. The summed E-state index contributed by atoms with van der Waals surface area (Å²) in [5.74, 6) is 1.58. The molecule has 2 heterocycles. The number of nitrogens with zero attached hydrogens (tertiary/aromatic N) is 3. The molecular formula is C26H22N4O. The van der Waals surface area contributed by atoms with E-state index in [2.05, 4.69) is 69.4 Å². The second-order valence-corrected chi connectivity index (χ2v) is 7.39. The van der Waals surface area contributed by atoms with Gasteiger partial charge in [-0.2, -0.15) is 0 Å². The number of rotatable bonds is 5. The van der Waals surface area contributed by atoms with Crippen LogP contribution in [0.2, 0.25) is 0 Å². The molecule has 0 atom stereocenters. The summed E-state index contributed by atoms with van der Waals surface area (Å²) < 4.78 is 7.39. The first-order valence-electron chi connectivity index (χ1n) is 10.1. The highest BCUT2D eigenvalue weighted by molar-refractivity contribution is 6.03. The van der Waals surface area contributed by atoms with Gasteiger partial charge >= 0.3 is 0 Å². The Balaban J connectivity index is 1.70. The summed E-state index contributed by atoms with van der Waals surface area (Å²) in [6.45, 7) is 2.09. The lowest BCUT2D eigenvalue weighted by molar-refractivity contribution is 0.415. The molecule has 152 valence electrons. The highest BCUT2D eigenvalue weighted by Crippen LogP contribution is 2.36. The summed E-state index contributed by atoms with van der Waals surface area (Å²) in [5, 5.41) is 4.44. The van der Waals surface area contributed by atoms with Crippen molar-refractivity contribution in [2.45, 2.75) is 6.92 Å². The van der Waals surface area contributed by atoms with Crippen molar-refractivity contribution >= 4 is 22.5 Å². The molecule has 0 amide bonds. The minimum atomic E-state index is 0.764. The van der Waals surface area contributed by atoms with Crippen LogP contribution in [0.3, 0.4) is 0 Å². The number of fused-ring (bicyclic) bond motifs is 1. The second kappa shape index (κ2) is 7.95. The molecule has 0 bridgehead atoms. The van der Waals surface area contributed by atoms with E-state index in [0.717, 1.165) is 45.1 Å². The maximum absolute atomic E-state index is 5.27. The lowest BCUT2D eigenvalue weighted by Gasteiger charge is -2.09. The van der Waals surface area contributed by atoms with E-state index in [9.17, 15) is 0 Å². The molecule has 5 heteroatoms. The molecule has 0 aliphatic rings. The van der Waals surface area contributed by atoms with Crippen molar-refractivity contribution in [2.75, 3.05) is 12.4 Å². The molecule has 5 rings (SSSR count). The molecule has 0 aliphatic carbocycles. The van der Waals surface area contributed by atoms with Crippen LogP contribution in [0.15, 0.2) is 91.4 Å².